The van der Waals surface area contributed by atoms with Gasteiger partial charge in [0.25, 0.3) is 0 Å². The van der Waals surface area contributed by atoms with Crippen LogP contribution in [0.15, 0.2) is 0 Å². The van der Waals surface area contributed by atoms with E-state index in [9.17, 15) is 0 Å². The van der Waals surface area contributed by atoms with Crippen LogP contribution < -0.4 is 0 Å². The molecule has 108 valence electrons. The van der Waals surface area contributed by atoms with E-state index in [1.54, 1.807) is 0 Å². The van der Waals surface area contributed by atoms with Crippen LogP contribution in [0.5, 0.6) is 0 Å². The molecule has 0 aromatic carbocycles. The van der Waals surface area contributed by atoms with Crippen LogP contribution in [0.25, 0.3) is 0 Å². The van der Waals surface area contributed by atoms with E-state index >= 15 is 0 Å². The van der Waals surface area contributed by atoms with Crippen LogP contribution in [0.4, 0.5) is 0 Å². The maximum Gasteiger partial charge on any atom is 0.0632 e. The maximum atomic E-state index is 2.57. The van der Waals surface area contributed by atoms with Crippen LogP contribution in [0, 0.1) is 0 Å². The molecule has 0 rings (SSSR count). The van der Waals surface area contributed by atoms with Crippen molar-refractivity contribution in [3.63, 3.8) is 0 Å². The molecule has 0 nitrogen and oxygen atoms in total. The second-order valence-electron chi connectivity index (χ2n) is 9.75. The van der Waals surface area contributed by atoms with Gasteiger partial charge in [-0.15, -0.1) is 4.42 Å². The molecule has 18 heavy (non-hydrogen) atoms. The first-order chi connectivity index (χ1) is 7.49. The van der Waals surface area contributed by atoms with E-state index in [1.165, 1.54) is 0 Å². The molecule has 0 atom stereocenters. The van der Waals surface area contributed by atoms with Gasteiger partial charge in [-0.3, -0.25) is 0 Å². The lowest BCUT2D eigenvalue weighted by molar-refractivity contribution is 0.663. The molecule has 0 bridgehead atoms. The molecule has 0 unspecified atom stereocenters. The summed E-state index contributed by atoms with van der Waals surface area (Å²) in [7, 11) is -2.85. The highest BCUT2D eigenvalue weighted by Gasteiger charge is 2.40. The average Bonchev–Trinajstić information content (AvgIpc) is 1.89. The molecule has 0 aromatic heterocycles. The fraction of sp³-hybridized carbons (Fsp3) is 0.933. The van der Waals surface area contributed by atoms with Crippen molar-refractivity contribution in [3.05, 3.63) is 0 Å². The lowest BCUT2D eigenvalue weighted by Crippen LogP contribution is -2.57. The molecular weight excluding hydrogens is 264 g/mol. The fourth-order valence-electron chi connectivity index (χ4n) is 3.75. The summed E-state index contributed by atoms with van der Waals surface area (Å²) in [6, 6.07) is 0. The summed E-state index contributed by atoms with van der Waals surface area (Å²) < 4.78 is 2.08. The van der Waals surface area contributed by atoms with E-state index in [2.05, 4.69) is 85.2 Å². The Hall–Kier alpha value is 0.521. The van der Waals surface area contributed by atoms with Crippen LogP contribution in [0.1, 0.15) is 41.5 Å². The number of hydrogen-bond donors (Lipinski definition) is 0. The zero-order valence-electron chi connectivity index (χ0n) is 15.0. The molecule has 0 aliphatic heterocycles. The van der Waals surface area contributed by atoms with E-state index in [0.29, 0.717) is 10.1 Å². The van der Waals surface area contributed by atoms with Crippen molar-refractivity contribution in [2.75, 3.05) is 0 Å². The Labute approximate surface area is 120 Å². The summed E-state index contributed by atoms with van der Waals surface area (Å²) in [4.78, 5) is 0. The van der Waals surface area contributed by atoms with Gasteiger partial charge in [0.2, 0.25) is 0 Å². The molecule has 3 heteroatoms. The standard InChI is InChI=1S/C15H36Si3/c1-14(2,3)16(15(4,5)6)13(17(7,8)9)18(10,11)12/h1-12H3. The van der Waals surface area contributed by atoms with Crippen LogP contribution in [0.2, 0.25) is 49.4 Å². The Morgan fingerprint density at radius 2 is 0.833 bits per heavy atom. The normalized spacial score (nSPS) is 14.7. The van der Waals surface area contributed by atoms with E-state index < -0.39 is 24.6 Å². The smallest absolute Gasteiger partial charge is 0.0632 e. The molecule has 0 N–H and O–H groups in total. The van der Waals surface area contributed by atoms with E-state index in [4.69, 9.17) is 0 Å². The first-order valence-electron chi connectivity index (χ1n) is 7.25. The van der Waals surface area contributed by atoms with Gasteiger partial charge in [-0.25, -0.2) is 0 Å². The summed E-state index contributed by atoms with van der Waals surface area (Å²) in [5, 5.41) is 0.942. The Kier molecular flexibility index (Phi) is 5.28. The average molecular weight is 301 g/mol. The zero-order valence-corrected chi connectivity index (χ0v) is 18.0. The molecule has 0 heterocycles. The Bertz CT molecular complexity index is 259. The van der Waals surface area contributed by atoms with Gasteiger partial charge in [-0.2, -0.15) is 0 Å². The molecule has 0 saturated carbocycles. The van der Waals surface area contributed by atoms with Crippen molar-refractivity contribution >= 4 is 29.0 Å². The molecule has 0 amide bonds. The van der Waals surface area contributed by atoms with Crippen molar-refractivity contribution in [1.29, 1.82) is 0 Å². The van der Waals surface area contributed by atoms with Gasteiger partial charge < -0.3 is 0 Å². The van der Waals surface area contributed by atoms with Gasteiger partial charge in [0.05, 0.1) is 16.1 Å². The van der Waals surface area contributed by atoms with Crippen LogP contribution >= 0.6 is 0 Å². The Morgan fingerprint density at radius 3 is 0.889 bits per heavy atom. The lowest BCUT2D eigenvalue weighted by Gasteiger charge is -2.44. The SMILES string of the molecule is CC(C)(C)[Si](=C([Si](C)(C)C)[Si](C)(C)C)C(C)(C)C. The monoisotopic (exact) mass is 300 g/mol. The van der Waals surface area contributed by atoms with Gasteiger partial charge in [0.15, 0.2) is 0 Å². The highest BCUT2D eigenvalue weighted by molar-refractivity contribution is 7.41. The topological polar surface area (TPSA) is 0 Å². The molecular formula is C15H36Si3. The summed E-state index contributed by atoms with van der Waals surface area (Å²) in [6.45, 7) is 30.3. The minimum Gasteiger partial charge on any atom is -0.108 e. The van der Waals surface area contributed by atoms with Gasteiger partial charge in [0, 0.05) is 8.41 Å². The van der Waals surface area contributed by atoms with Crippen LogP contribution in [0.3, 0.4) is 0 Å². The van der Waals surface area contributed by atoms with Gasteiger partial charge in [-0.05, 0) is 10.1 Å². The highest BCUT2D eigenvalue weighted by atomic mass is 28.4. The minimum atomic E-state index is -1.18. The van der Waals surface area contributed by atoms with Gasteiger partial charge in [0.1, 0.15) is 0 Å². The number of hydrogen-bond acceptors (Lipinski definition) is 0. The molecule has 0 saturated heterocycles. The molecule has 0 spiro atoms. The predicted molar refractivity (Wildman–Crippen MR) is 96.9 cm³/mol. The van der Waals surface area contributed by atoms with Crippen molar-refractivity contribution in [1.82, 2.24) is 0 Å². The highest BCUT2D eigenvalue weighted by Crippen LogP contribution is 2.40. The van der Waals surface area contributed by atoms with Crippen molar-refractivity contribution in [2.24, 2.45) is 0 Å². The van der Waals surface area contributed by atoms with Crippen molar-refractivity contribution < 1.29 is 0 Å². The third-order valence-corrected chi connectivity index (χ3v) is 20.2. The van der Waals surface area contributed by atoms with Gasteiger partial charge >= 0.3 is 0 Å². The maximum absolute atomic E-state index is 2.57. The molecule has 0 fully saturated rings. The summed E-state index contributed by atoms with van der Waals surface area (Å²) in [6.07, 6.45) is 0. The molecule has 0 aliphatic carbocycles. The van der Waals surface area contributed by atoms with Crippen molar-refractivity contribution in [2.45, 2.75) is 90.9 Å². The second-order valence-corrected chi connectivity index (χ2v) is 25.5. The van der Waals surface area contributed by atoms with E-state index in [0.717, 1.165) is 0 Å². The third kappa shape index (κ3) is 4.89. The third-order valence-electron chi connectivity index (χ3n) is 3.25. The summed E-state index contributed by atoms with van der Waals surface area (Å²) in [5.74, 6) is 0. The second kappa shape index (κ2) is 5.13. The molecule has 0 radical (unpaired) electrons. The zero-order chi connectivity index (χ0) is 15.2. The number of rotatable bonds is 2. The van der Waals surface area contributed by atoms with Crippen LogP contribution in [-0.4, -0.2) is 29.0 Å². The first kappa shape index (κ1) is 18.5. The first-order valence-corrected chi connectivity index (χ1v) is 15.8. The lowest BCUT2D eigenvalue weighted by atomic mass is 10.2. The largest absolute Gasteiger partial charge is 0.108 e. The van der Waals surface area contributed by atoms with Crippen molar-refractivity contribution in [3.8, 4) is 0 Å². The fourth-order valence-corrected chi connectivity index (χ4v) is 27.0. The van der Waals surface area contributed by atoms with Gasteiger partial charge in [-0.1, -0.05) is 80.8 Å². The minimum absolute atomic E-state index is 0.471. The molecule has 0 aliphatic rings. The quantitative estimate of drug-likeness (QED) is 0.583. The Morgan fingerprint density at radius 1 is 0.611 bits per heavy atom. The summed E-state index contributed by atoms with van der Waals surface area (Å²) >= 11 is 0. The van der Waals surface area contributed by atoms with E-state index in [-0.39, 0.29) is 0 Å². The Balaban J connectivity index is 6.44. The predicted octanol–water partition coefficient (Wildman–Crippen LogP) is 5.59. The van der Waals surface area contributed by atoms with E-state index in [1.807, 2.05) is 0 Å². The van der Waals surface area contributed by atoms with Crippen LogP contribution in [-0.2, 0) is 0 Å². The molecule has 0 aromatic rings. The summed E-state index contributed by atoms with van der Waals surface area (Å²) in [5.41, 5.74) is 0.